The quantitative estimate of drug-likeness (QED) is 0.744. The van der Waals surface area contributed by atoms with Crippen LogP contribution in [0.15, 0.2) is 22.7 Å². The molecule has 21 heavy (non-hydrogen) atoms. The number of halogens is 2. The van der Waals surface area contributed by atoms with Crippen LogP contribution in [0.3, 0.4) is 0 Å². The van der Waals surface area contributed by atoms with Crippen LogP contribution in [0, 0.1) is 5.82 Å². The van der Waals surface area contributed by atoms with Gasteiger partial charge in [0.1, 0.15) is 5.82 Å². The van der Waals surface area contributed by atoms with Crippen LogP contribution >= 0.6 is 15.9 Å². The number of nitrogens with zero attached hydrogens (tertiary/aromatic N) is 4. The minimum absolute atomic E-state index is 0.0957. The van der Waals surface area contributed by atoms with Crippen LogP contribution in [0.2, 0.25) is 0 Å². The third-order valence-electron chi connectivity index (χ3n) is 2.81. The van der Waals surface area contributed by atoms with Crippen molar-refractivity contribution in [2.45, 2.75) is 32.9 Å². The van der Waals surface area contributed by atoms with Crippen molar-refractivity contribution in [3.05, 3.63) is 39.9 Å². The van der Waals surface area contributed by atoms with Gasteiger partial charge in [-0.05, 0) is 35.0 Å². The molecule has 0 saturated heterocycles. The largest absolute Gasteiger partial charge is 0.454 e. The van der Waals surface area contributed by atoms with Crippen LogP contribution in [0.1, 0.15) is 35.9 Å². The molecule has 0 unspecified atom stereocenters. The average molecular weight is 357 g/mol. The number of unbranched alkanes of at least 4 members (excludes halogenated alkanes) is 1. The molecule has 0 radical (unpaired) electrons. The number of benzene rings is 1. The van der Waals surface area contributed by atoms with E-state index in [0.29, 0.717) is 16.8 Å². The van der Waals surface area contributed by atoms with Crippen LogP contribution in [0.25, 0.3) is 0 Å². The van der Waals surface area contributed by atoms with Gasteiger partial charge >= 0.3 is 5.97 Å². The first-order valence-electron chi connectivity index (χ1n) is 6.49. The van der Waals surface area contributed by atoms with E-state index < -0.39 is 11.8 Å². The zero-order valence-electron chi connectivity index (χ0n) is 11.4. The maximum Gasteiger partial charge on any atom is 0.341 e. The van der Waals surface area contributed by atoms with Crippen molar-refractivity contribution in [3.8, 4) is 0 Å². The summed E-state index contributed by atoms with van der Waals surface area (Å²) >= 11 is 3.18. The Bertz CT molecular complexity index is 632. The first-order valence-corrected chi connectivity index (χ1v) is 7.28. The van der Waals surface area contributed by atoms with Gasteiger partial charge < -0.3 is 4.74 Å². The minimum atomic E-state index is -0.751. The summed E-state index contributed by atoms with van der Waals surface area (Å²) in [4.78, 5) is 11.9. The fourth-order valence-corrected chi connectivity index (χ4v) is 2.03. The zero-order valence-corrected chi connectivity index (χ0v) is 13.0. The first kappa shape index (κ1) is 15.6. The fourth-order valence-electron chi connectivity index (χ4n) is 1.67. The van der Waals surface area contributed by atoms with Gasteiger partial charge in [0.15, 0.2) is 12.4 Å². The van der Waals surface area contributed by atoms with E-state index in [2.05, 4.69) is 38.4 Å². The maximum atomic E-state index is 13.6. The van der Waals surface area contributed by atoms with E-state index in [1.165, 1.54) is 18.2 Å². The average Bonchev–Trinajstić information content (AvgIpc) is 2.92. The maximum absolute atomic E-state index is 13.6. The van der Waals surface area contributed by atoms with Crippen LogP contribution in [-0.4, -0.2) is 26.2 Å². The highest BCUT2D eigenvalue weighted by Gasteiger charge is 2.15. The highest BCUT2D eigenvalue weighted by molar-refractivity contribution is 9.10. The molecule has 2 rings (SSSR count). The monoisotopic (exact) mass is 356 g/mol. The fraction of sp³-hybridized carbons (Fsp3) is 0.385. The number of rotatable bonds is 6. The number of aryl methyl sites for hydroxylation is 1. The Morgan fingerprint density at radius 2 is 2.29 bits per heavy atom. The number of carbonyl (C=O) groups is 1. The predicted octanol–water partition coefficient (Wildman–Crippen LogP) is 2.73. The van der Waals surface area contributed by atoms with Crippen molar-refractivity contribution >= 4 is 21.9 Å². The van der Waals surface area contributed by atoms with Crippen LogP contribution < -0.4 is 0 Å². The lowest BCUT2D eigenvalue weighted by Gasteiger charge is -2.06. The highest BCUT2D eigenvalue weighted by atomic mass is 79.9. The number of ether oxygens (including phenoxy) is 1. The Labute approximate surface area is 129 Å². The molecule has 0 bridgehead atoms. The number of carbonyl (C=O) groups excluding carboxylic acids is 1. The summed E-state index contributed by atoms with van der Waals surface area (Å²) in [5.74, 6) is -0.945. The van der Waals surface area contributed by atoms with Gasteiger partial charge in [0.25, 0.3) is 0 Å². The van der Waals surface area contributed by atoms with Crippen LogP contribution in [0.5, 0.6) is 0 Å². The Morgan fingerprint density at radius 3 is 3.05 bits per heavy atom. The lowest BCUT2D eigenvalue weighted by atomic mass is 10.2. The van der Waals surface area contributed by atoms with E-state index >= 15 is 0 Å². The second-order valence-corrected chi connectivity index (χ2v) is 5.29. The molecule has 0 aliphatic carbocycles. The summed E-state index contributed by atoms with van der Waals surface area (Å²) in [5.41, 5.74) is -0.128. The zero-order chi connectivity index (χ0) is 15.2. The molecule has 2 aromatic rings. The van der Waals surface area contributed by atoms with Gasteiger partial charge in [-0.15, -0.1) is 5.10 Å². The first-order chi connectivity index (χ1) is 10.1. The molecule has 0 aliphatic rings. The van der Waals surface area contributed by atoms with Crippen molar-refractivity contribution in [2.24, 2.45) is 0 Å². The summed E-state index contributed by atoms with van der Waals surface area (Å²) in [6.45, 7) is 2.61. The van der Waals surface area contributed by atoms with E-state index in [4.69, 9.17) is 4.74 Å². The van der Waals surface area contributed by atoms with Gasteiger partial charge in [-0.2, -0.15) is 0 Å². The molecule has 6 nitrogen and oxygen atoms in total. The van der Waals surface area contributed by atoms with Crippen molar-refractivity contribution in [1.29, 1.82) is 0 Å². The minimum Gasteiger partial charge on any atom is -0.454 e. The molecule has 0 spiro atoms. The van der Waals surface area contributed by atoms with Crippen LogP contribution in [-0.2, 0) is 17.9 Å². The summed E-state index contributed by atoms with van der Waals surface area (Å²) in [7, 11) is 0. The summed E-state index contributed by atoms with van der Waals surface area (Å²) in [6, 6.07) is 4.08. The lowest BCUT2D eigenvalue weighted by Crippen LogP contribution is -2.12. The molecule has 0 amide bonds. The highest BCUT2D eigenvalue weighted by Crippen LogP contribution is 2.16. The van der Waals surface area contributed by atoms with Crippen molar-refractivity contribution in [3.63, 3.8) is 0 Å². The molecule has 0 atom stereocenters. The molecule has 0 saturated carbocycles. The molecule has 1 aromatic heterocycles. The lowest BCUT2D eigenvalue weighted by molar-refractivity contribution is 0.0451. The van der Waals surface area contributed by atoms with Gasteiger partial charge in [0.05, 0.1) is 5.56 Å². The Morgan fingerprint density at radius 1 is 1.48 bits per heavy atom. The Kier molecular flexibility index (Phi) is 5.38. The van der Waals surface area contributed by atoms with Gasteiger partial charge in [0, 0.05) is 11.0 Å². The number of aromatic nitrogens is 4. The molecule has 0 N–H and O–H groups in total. The summed E-state index contributed by atoms with van der Waals surface area (Å²) in [5, 5.41) is 11.2. The van der Waals surface area contributed by atoms with Crippen molar-refractivity contribution < 1.29 is 13.9 Å². The number of hydrogen-bond donors (Lipinski definition) is 0. The molecule has 8 heteroatoms. The third-order valence-corrected chi connectivity index (χ3v) is 3.30. The van der Waals surface area contributed by atoms with E-state index in [0.717, 1.165) is 12.8 Å². The van der Waals surface area contributed by atoms with E-state index in [1.807, 2.05) is 0 Å². The molecular formula is C13H14BrFN4O2. The number of tetrazole rings is 1. The summed E-state index contributed by atoms with van der Waals surface area (Å²) in [6.07, 6.45) is 1.93. The van der Waals surface area contributed by atoms with E-state index in [-0.39, 0.29) is 12.2 Å². The topological polar surface area (TPSA) is 69.9 Å². The predicted molar refractivity (Wildman–Crippen MR) is 75.9 cm³/mol. The second kappa shape index (κ2) is 7.26. The van der Waals surface area contributed by atoms with E-state index in [1.54, 1.807) is 4.68 Å². The SMILES string of the molecule is CCCCn1nnnc1COC(=O)c1cc(Br)ccc1F. The number of esters is 1. The Hall–Kier alpha value is -1.83. The normalized spacial score (nSPS) is 10.6. The third kappa shape index (κ3) is 4.07. The van der Waals surface area contributed by atoms with Crippen molar-refractivity contribution in [2.75, 3.05) is 0 Å². The van der Waals surface area contributed by atoms with Gasteiger partial charge in [0.2, 0.25) is 0 Å². The van der Waals surface area contributed by atoms with Gasteiger partial charge in [-0.25, -0.2) is 13.9 Å². The molecule has 0 fully saturated rings. The van der Waals surface area contributed by atoms with Gasteiger partial charge in [-0.3, -0.25) is 0 Å². The van der Waals surface area contributed by atoms with Gasteiger partial charge in [-0.1, -0.05) is 29.3 Å². The smallest absolute Gasteiger partial charge is 0.341 e. The molecular weight excluding hydrogens is 343 g/mol. The van der Waals surface area contributed by atoms with Crippen molar-refractivity contribution in [1.82, 2.24) is 20.2 Å². The van der Waals surface area contributed by atoms with E-state index in [9.17, 15) is 9.18 Å². The molecule has 0 aliphatic heterocycles. The molecule has 112 valence electrons. The summed E-state index contributed by atoms with van der Waals surface area (Å²) < 4.78 is 20.8. The standard InChI is InChI=1S/C13H14BrFN4O2/c1-2-3-6-19-12(16-17-18-19)8-21-13(20)10-7-9(14)4-5-11(10)15/h4-5,7H,2-3,6,8H2,1H3. The second-order valence-electron chi connectivity index (χ2n) is 4.37. The molecule has 1 aromatic carbocycles. The number of hydrogen-bond acceptors (Lipinski definition) is 5. The molecule has 1 heterocycles. The Balaban J connectivity index is 2.01. The van der Waals surface area contributed by atoms with Crippen LogP contribution in [0.4, 0.5) is 4.39 Å².